The van der Waals surface area contributed by atoms with E-state index in [2.05, 4.69) is 36.2 Å². The average Bonchev–Trinajstić information content (AvgIpc) is 2.67. The predicted molar refractivity (Wildman–Crippen MR) is 79.5 cm³/mol. The maximum atomic E-state index is 5.81. The van der Waals surface area contributed by atoms with Crippen LogP contribution in [0.3, 0.4) is 0 Å². The minimum Gasteiger partial charge on any atom is -0.477 e. The van der Waals surface area contributed by atoms with Gasteiger partial charge < -0.3 is 4.74 Å². The molecule has 0 amide bonds. The van der Waals surface area contributed by atoms with Gasteiger partial charge in [0.05, 0.1) is 12.0 Å². The summed E-state index contributed by atoms with van der Waals surface area (Å²) in [6.45, 7) is 9.24. The summed E-state index contributed by atoms with van der Waals surface area (Å²) in [6.07, 6.45) is 0.965. The topological polar surface area (TPSA) is 73.1 Å². The van der Waals surface area contributed by atoms with Gasteiger partial charge in [-0.25, -0.2) is 10.8 Å². The molecule has 2 aromatic rings. The van der Waals surface area contributed by atoms with E-state index in [-0.39, 0.29) is 5.41 Å². The Hall–Kier alpha value is -1.40. The number of aromatic nitrogens is 2. The van der Waals surface area contributed by atoms with Crippen molar-refractivity contribution in [1.29, 1.82) is 0 Å². The summed E-state index contributed by atoms with van der Waals surface area (Å²) in [7, 11) is 0. The van der Waals surface area contributed by atoms with Crippen LogP contribution in [0.5, 0.6) is 5.88 Å². The number of nitrogens with one attached hydrogen (secondary N) is 1. The first-order chi connectivity index (χ1) is 8.89. The van der Waals surface area contributed by atoms with E-state index in [4.69, 9.17) is 10.6 Å². The lowest BCUT2D eigenvalue weighted by Crippen LogP contribution is -2.13. The number of hydrazine groups is 1. The molecule has 2 aromatic heterocycles. The molecule has 0 saturated carbocycles. The van der Waals surface area contributed by atoms with E-state index in [9.17, 15) is 0 Å². The van der Waals surface area contributed by atoms with Crippen LogP contribution in [0.1, 0.15) is 32.1 Å². The molecule has 6 heteroatoms. The van der Waals surface area contributed by atoms with E-state index < -0.39 is 0 Å². The Kier molecular flexibility index (Phi) is 3.91. The van der Waals surface area contributed by atoms with Crippen molar-refractivity contribution >= 4 is 27.5 Å². The first kappa shape index (κ1) is 14.0. The smallest absolute Gasteiger partial charge is 0.241 e. The molecule has 0 spiro atoms. The molecule has 0 aromatic carbocycles. The third-order valence-electron chi connectivity index (χ3n) is 2.70. The van der Waals surface area contributed by atoms with Gasteiger partial charge in [0.2, 0.25) is 11.8 Å². The maximum absolute atomic E-state index is 5.81. The van der Waals surface area contributed by atoms with Crippen LogP contribution in [0.25, 0.3) is 10.2 Å². The molecular formula is C13H20N4OS. The van der Waals surface area contributed by atoms with Crippen LogP contribution in [-0.2, 0) is 0 Å². The number of nitrogens with zero attached hydrogens (tertiary/aromatic N) is 2. The Bertz CT molecular complexity index is 574. The van der Waals surface area contributed by atoms with Crippen LogP contribution in [-0.4, -0.2) is 16.6 Å². The number of fused-ring (bicyclic) bond motifs is 1. The number of thiophene rings is 1. The lowest BCUT2D eigenvalue weighted by molar-refractivity contribution is 0.239. The molecule has 0 saturated heterocycles. The first-order valence-corrected chi connectivity index (χ1v) is 7.08. The molecular weight excluding hydrogens is 260 g/mol. The van der Waals surface area contributed by atoms with Crippen molar-refractivity contribution in [3.05, 3.63) is 10.9 Å². The number of aryl methyl sites for hydroxylation is 1. The van der Waals surface area contributed by atoms with E-state index in [1.165, 1.54) is 4.88 Å². The highest BCUT2D eigenvalue weighted by molar-refractivity contribution is 7.18. The zero-order valence-electron chi connectivity index (χ0n) is 11.8. The summed E-state index contributed by atoms with van der Waals surface area (Å²) in [6, 6.07) is 2.05. The molecule has 0 aliphatic carbocycles. The Balaban J connectivity index is 2.25. The third-order valence-corrected chi connectivity index (χ3v) is 3.65. The van der Waals surface area contributed by atoms with Gasteiger partial charge in [0, 0.05) is 4.88 Å². The van der Waals surface area contributed by atoms with Gasteiger partial charge in [-0.3, -0.25) is 5.43 Å². The Morgan fingerprint density at radius 1 is 1.37 bits per heavy atom. The summed E-state index contributed by atoms with van der Waals surface area (Å²) in [5.41, 5.74) is 2.72. The second-order valence-electron chi connectivity index (χ2n) is 5.73. The van der Waals surface area contributed by atoms with Crippen LogP contribution < -0.4 is 16.0 Å². The molecule has 2 rings (SSSR count). The quantitative estimate of drug-likeness (QED) is 0.665. The molecule has 0 unspecified atom stereocenters. The summed E-state index contributed by atoms with van der Waals surface area (Å²) < 4.78 is 5.81. The monoisotopic (exact) mass is 280 g/mol. The van der Waals surface area contributed by atoms with Crippen molar-refractivity contribution in [3.8, 4) is 5.88 Å². The number of nitrogens with two attached hydrogens (primary N) is 1. The van der Waals surface area contributed by atoms with Crippen LogP contribution in [0.4, 0.5) is 5.95 Å². The normalized spacial score (nSPS) is 11.8. The molecule has 104 valence electrons. The molecule has 19 heavy (non-hydrogen) atoms. The van der Waals surface area contributed by atoms with Gasteiger partial charge in [0.1, 0.15) is 4.83 Å². The van der Waals surface area contributed by atoms with Gasteiger partial charge >= 0.3 is 0 Å². The van der Waals surface area contributed by atoms with E-state index in [1.807, 2.05) is 13.0 Å². The van der Waals surface area contributed by atoms with E-state index in [0.717, 1.165) is 16.6 Å². The zero-order valence-corrected chi connectivity index (χ0v) is 12.6. The minimum absolute atomic E-state index is 0.242. The molecule has 0 bridgehead atoms. The van der Waals surface area contributed by atoms with Crippen molar-refractivity contribution in [2.24, 2.45) is 11.3 Å². The fourth-order valence-corrected chi connectivity index (χ4v) is 2.51. The second kappa shape index (κ2) is 5.30. The van der Waals surface area contributed by atoms with Gasteiger partial charge in [-0.15, -0.1) is 11.3 Å². The van der Waals surface area contributed by atoms with Crippen LogP contribution in [0.2, 0.25) is 0 Å². The summed E-state index contributed by atoms with van der Waals surface area (Å²) in [5, 5.41) is 0.954. The molecule has 0 radical (unpaired) electrons. The van der Waals surface area contributed by atoms with Gasteiger partial charge in [0.15, 0.2) is 0 Å². The van der Waals surface area contributed by atoms with Crippen molar-refractivity contribution in [3.63, 3.8) is 0 Å². The second-order valence-corrected chi connectivity index (χ2v) is 6.97. The molecule has 0 aliphatic rings. The fourth-order valence-electron chi connectivity index (χ4n) is 1.64. The van der Waals surface area contributed by atoms with Crippen LogP contribution >= 0.6 is 11.3 Å². The first-order valence-electron chi connectivity index (χ1n) is 6.27. The van der Waals surface area contributed by atoms with E-state index in [1.54, 1.807) is 11.3 Å². The molecule has 0 atom stereocenters. The molecule has 3 N–H and O–H groups in total. The number of rotatable bonds is 4. The molecule has 5 nitrogen and oxygen atoms in total. The number of nitrogen functional groups attached to an aromatic ring is 1. The number of anilines is 1. The van der Waals surface area contributed by atoms with Crippen molar-refractivity contribution in [2.75, 3.05) is 12.0 Å². The fraction of sp³-hybridized carbons (Fsp3) is 0.538. The maximum Gasteiger partial charge on any atom is 0.241 e. The Labute approximate surface area is 117 Å². The van der Waals surface area contributed by atoms with Crippen molar-refractivity contribution in [2.45, 2.75) is 34.1 Å². The molecule has 0 fully saturated rings. The van der Waals surface area contributed by atoms with Crippen molar-refractivity contribution < 1.29 is 4.74 Å². The Morgan fingerprint density at radius 2 is 2.11 bits per heavy atom. The van der Waals surface area contributed by atoms with E-state index >= 15 is 0 Å². The third kappa shape index (κ3) is 3.54. The number of hydrogen-bond acceptors (Lipinski definition) is 6. The summed E-state index contributed by atoms with van der Waals surface area (Å²) >= 11 is 1.61. The largest absolute Gasteiger partial charge is 0.477 e. The lowest BCUT2D eigenvalue weighted by Gasteiger charge is -2.18. The van der Waals surface area contributed by atoms with Crippen molar-refractivity contribution in [1.82, 2.24) is 9.97 Å². The van der Waals surface area contributed by atoms with Crippen LogP contribution in [0, 0.1) is 12.3 Å². The lowest BCUT2D eigenvalue weighted by atomic mass is 9.93. The summed E-state index contributed by atoms with van der Waals surface area (Å²) in [4.78, 5) is 10.7. The molecule has 2 heterocycles. The highest BCUT2D eigenvalue weighted by Crippen LogP contribution is 2.31. The standard InChI is InChI=1S/C13H20N4OS/c1-8-7-9-10(18-6-5-13(2,3)4)15-12(17-14)16-11(9)19-8/h7H,5-6,14H2,1-4H3,(H,15,16,17). The highest BCUT2D eigenvalue weighted by atomic mass is 32.1. The van der Waals surface area contributed by atoms with Gasteiger partial charge in [0.25, 0.3) is 0 Å². The average molecular weight is 280 g/mol. The van der Waals surface area contributed by atoms with Gasteiger partial charge in [-0.1, -0.05) is 20.8 Å². The molecule has 0 aliphatic heterocycles. The summed E-state index contributed by atoms with van der Waals surface area (Å²) in [5.74, 6) is 6.38. The predicted octanol–water partition coefficient (Wildman–Crippen LogP) is 3.10. The Morgan fingerprint density at radius 3 is 2.74 bits per heavy atom. The van der Waals surface area contributed by atoms with Gasteiger partial charge in [-0.05, 0) is 24.8 Å². The van der Waals surface area contributed by atoms with Crippen LogP contribution in [0.15, 0.2) is 6.07 Å². The minimum atomic E-state index is 0.242. The van der Waals surface area contributed by atoms with Gasteiger partial charge in [-0.2, -0.15) is 4.98 Å². The number of ether oxygens (including phenoxy) is 1. The SMILES string of the molecule is Cc1cc2c(OCCC(C)(C)C)nc(NN)nc2s1. The van der Waals surface area contributed by atoms with E-state index in [0.29, 0.717) is 18.4 Å². The highest BCUT2D eigenvalue weighted by Gasteiger charge is 2.14. The zero-order chi connectivity index (χ0) is 14.0. The number of hydrogen-bond donors (Lipinski definition) is 2.